The minimum Gasteiger partial charge on any atom is -0.351 e. The van der Waals surface area contributed by atoms with Crippen LogP contribution in [0.4, 0.5) is 0 Å². The van der Waals surface area contributed by atoms with Crippen LogP contribution in [0.15, 0.2) is 24.3 Å². The first-order valence-electron chi connectivity index (χ1n) is 7.62. The first kappa shape index (κ1) is 17.7. The first-order valence-corrected chi connectivity index (χ1v) is 7.62. The van der Waals surface area contributed by atoms with Crippen molar-refractivity contribution >= 4 is 5.91 Å². The van der Waals surface area contributed by atoms with Crippen molar-refractivity contribution in [2.45, 2.75) is 52.9 Å². The van der Waals surface area contributed by atoms with Gasteiger partial charge in [-0.25, -0.2) is 0 Å². The average molecular weight is 291 g/mol. The highest BCUT2D eigenvalue weighted by molar-refractivity contribution is 5.81. The van der Waals surface area contributed by atoms with Gasteiger partial charge >= 0.3 is 0 Å². The second-order valence-corrected chi connectivity index (χ2v) is 6.32. The second kappa shape index (κ2) is 8.15. The van der Waals surface area contributed by atoms with E-state index in [1.807, 2.05) is 26.0 Å². The number of carbonyl (C=O) groups excluding carboxylic acids is 1. The first-order chi connectivity index (χ1) is 9.81. The minimum atomic E-state index is -0.444. The molecule has 4 nitrogen and oxygen atoms in total. The average Bonchev–Trinajstić information content (AvgIpc) is 2.44. The molecule has 1 aromatic rings. The van der Waals surface area contributed by atoms with E-state index >= 15 is 0 Å². The Morgan fingerprint density at radius 2 is 1.86 bits per heavy atom. The van der Waals surface area contributed by atoms with Crippen LogP contribution in [0.5, 0.6) is 0 Å². The van der Waals surface area contributed by atoms with Crippen LogP contribution < -0.4 is 11.1 Å². The summed E-state index contributed by atoms with van der Waals surface area (Å²) in [6.07, 6.45) is 0. The van der Waals surface area contributed by atoms with Gasteiger partial charge in [0.05, 0.1) is 6.04 Å². The van der Waals surface area contributed by atoms with Crippen LogP contribution in [0.2, 0.25) is 0 Å². The van der Waals surface area contributed by atoms with Crippen molar-refractivity contribution in [3.8, 4) is 0 Å². The predicted octanol–water partition coefficient (Wildman–Crippen LogP) is 2.13. The van der Waals surface area contributed by atoms with E-state index in [1.54, 1.807) is 0 Å². The van der Waals surface area contributed by atoms with Crippen molar-refractivity contribution in [1.29, 1.82) is 0 Å². The Hall–Kier alpha value is -1.39. The van der Waals surface area contributed by atoms with Gasteiger partial charge in [0.15, 0.2) is 0 Å². The molecule has 0 aromatic heterocycles. The lowest BCUT2D eigenvalue weighted by Gasteiger charge is -2.21. The zero-order valence-electron chi connectivity index (χ0n) is 13.9. The van der Waals surface area contributed by atoms with Crippen molar-refractivity contribution < 1.29 is 4.79 Å². The third-order valence-corrected chi connectivity index (χ3v) is 3.79. The fourth-order valence-electron chi connectivity index (χ4n) is 1.92. The van der Waals surface area contributed by atoms with Gasteiger partial charge in [0.25, 0.3) is 0 Å². The molecule has 1 atom stereocenters. The van der Waals surface area contributed by atoms with Crippen molar-refractivity contribution in [2.75, 3.05) is 7.05 Å². The van der Waals surface area contributed by atoms with Crippen LogP contribution in [0, 0.1) is 5.92 Å². The Morgan fingerprint density at radius 3 is 2.43 bits per heavy atom. The van der Waals surface area contributed by atoms with Gasteiger partial charge in [0.1, 0.15) is 0 Å². The standard InChI is InChI=1S/C17H29N3O/c1-12(2)16(18)17(21)19-10-14-7-6-8-15(9-14)11-20(5)13(3)4/h6-9,12-13,16H,10-11,18H2,1-5H3,(H,19,21)/t16-/m0/s1. The second-order valence-electron chi connectivity index (χ2n) is 6.32. The molecule has 118 valence electrons. The maximum absolute atomic E-state index is 11.9. The van der Waals surface area contributed by atoms with Crippen LogP contribution in [-0.4, -0.2) is 29.9 Å². The van der Waals surface area contributed by atoms with E-state index in [1.165, 1.54) is 5.56 Å². The highest BCUT2D eigenvalue weighted by Crippen LogP contribution is 2.09. The van der Waals surface area contributed by atoms with Gasteiger partial charge in [-0.15, -0.1) is 0 Å². The number of amides is 1. The van der Waals surface area contributed by atoms with Crippen LogP contribution in [0.25, 0.3) is 0 Å². The summed E-state index contributed by atoms with van der Waals surface area (Å²) in [7, 11) is 2.11. The van der Waals surface area contributed by atoms with E-state index in [0.717, 1.165) is 12.1 Å². The maximum atomic E-state index is 11.9. The maximum Gasteiger partial charge on any atom is 0.237 e. The third kappa shape index (κ3) is 5.86. The molecule has 0 saturated carbocycles. The molecule has 1 rings (SSSR count). The van der Waals surface area contributed by atoms with E-state index in [-0.39, 0.29) is 11.8 Å². The normalized spacial score (nSPS) is 13.0. The van der Waals surface area contributed by atoms with Crippen LogP contribution in [-0.2, 0) is 17.9 Å². The molecule has 0 radical (unpaired) electrons. The summed E-state index contributed by atoms with van der Waals surface area (Å²) in [6.45, 7) is 9.69. The molecular weight excluding hydrogens is 262 g/mol. The molecule has 0 aliphatic heterocycles. The predicted molar refractivity (Wildman–Crippen MR) is 87.7 cm³/mol. The topological polar surface area (TPSA) is 58.4 Å². The molecule has 1 aromatic carbocycles. The van der Waals surface area contributed by atoms with Crippen LogP contribution in [0.3, 0.4) is 0 Å². The quantitative estimate of drug-likeness (QED) is 0.809. The van der Waals surface area contributed by atoms with E-state index in [9.17, 15) is 4.79 Å². The summed E-state index contributed by atoms with van der Waals surface area (Å²) in [5.74, 6) is 0.0609. The summed E-state index contributed by atoms with van der Waals surface area (Å²) in [5, 5.41) is 2.91. The summed E-state index contributed by atoms with van der Waals surface area (Å²) in [6, 6.07) is 8.38. The molecule has 0 bridgehead atoms. The van der Waals surface area contributed by atoms with Crippen LogP contribution >= 0.6 is 0 Å². The van der Waals surface area contributed by atoms with E-state index in [0.29, 0.717) is 12.6 Å². The number of nitrogens with zero attached hydrogens (tertiary/aromatic N) is 1. The Balaban J connectivity index is 2.59. The summed E-state index contributed by atoms with van der Waals surface area (Å²) in [5.41, 5.74) is 8.20. The molecule has 0 spiro atoms. The highest BCUT2D eigenvalue weighted by Gasteiger charge is 2.16. The molecule has 0 saturated heterocycles. The van der Waals surface area contributed by atoms with Crippen molar-refractivity contribution in [2.24, 2.45) is 11.7 Å². The van der Waals surface area contributed by atoms with Gasteiger partial charge in [0, 0.05) is 19.1 Å². The Morgan fingerprint density at radius 1 is 1.24 bits per heavy atom. The third-order valence-electron chi connectivity index (χ3n) is 3.79. The molecule has 0 fully saturated rings. The fourth-order valence-corrected chi connectivity index (χ4v) is 1.92. The summed E-state index contributed by atoms with van der Waals surface area (Å²) >= 11 is 0. The van der Waals surface area contributed by atoms with Gasteiger partial charge in [-0.3, -0.25) is 9.69 Å². The molecule has 21 heavy (non-hydrogen) atoms. The monoisotopic (exact) mass is 291 g/mol. The van der Waals surface area contributed by atoms with Crippen molar-refractivity contribution in [3.05, 3.63) is 35.4 Å². The summed E-state index contributed by atoms with van der Waals surface area (Å²) in [4.78, 5) is 14.1. The van der Waals surface area contributed by atoms with Gasteiger partial charge < -0.3 is 11.1 Å². The Kier molecular flexibility index (Phi) is 6.85. The lowest BCUT2D eigenvalue weighted by Crippen LogP contribution is -2.43. The minimum absolute atomic E-state index is 0.0882. The van der Waals surface area contributed by atoms with Crippen molar-refractivity contribution in [1.82, 2.24) is 10.2 Å². The Labute approximate surface area is 128 Å². The van der Waals surface area contributed by atoms with E-state index < -0.39 is 6.04 Å². The van der Waals surface area contributed by atoms with Gasteiger partial charge in [-0.1, -0.05) is 38.1 Å². The lowest BCUT2D eigenvalue weighted by atomic mass is 10.0. The number of rotatable bonds is 7. The fraction of sp³-hybridized carbons (Fsp3) is 0.588. The molecule has 0 aliphatic carbocycles. The largest absolute Gasteiger partial charge is 0.351 e. The molecule has 1 amide bonds. The molecule has 0 unspecified atom stereocenters. The molecule has 4 heteroatoms. The molecule has 3 N–H and O–H groups in total. The molecular formula is C17H29N3O. The Bertz CT molecular complexity index is 457. The number of hydrogen-bond acceptors (Lipinski definition) is 3. The zero-order valence-corrected chi connectivity index (χ0v) is 13.9. The number of hydrogen-bond donors (Lipinski definition) is 2. The number of nitrogens with two attached hydrogens (primary N) is 1. The van der Waals surface area contributed by atoms with Gasteiger partial charge in [-0.05, 0) is 37.9 Å². The number of nitrogens with one attached hydrogen (secondary N) is 1. The van der Waals surface area contributed by atoms with Crippen LogP contribution in [0.1, 0.15) is 38.8 Å². The van der Waals surface area contributed by atoms with E-state index in [4.69, 9.17) is 5.73 Å². The zero-order chi connectivity index (χ0) is 16.0. The van der Waals surface area contributed by atoms with E-state index in [2.05, 4.69) is 43.2 Å². The summed E-state index contributed by atoms with van der Waals surface area (Å²) < 4.78 is 0. The molecule has 0 heterocycles. The number of benzene rings is 1. The smallest absolute Gasteiger partial charge is 0.237 e. The highest BCUT2D eigenvalue weighted by atomic mass is 16.2. The van der Waals surface area contributed by atoms with Gasteiger partial charge in [0.2, 0.25) is 5.91 Å². The lowest BCUT2D eigenvalue weighted by molar-refractivity contribution is -0.123. The van der Waals surface area contributed by atoms with Crippen molar-refractivity contribution in [3.63, 3.8) is 0 Å². The SMILES string of the molecule is CC(C)[C@H](N)C(=O)NCc1cccc(CN(C)C(C)C)c1. The number of carbonyl (C=O) groups is 1. The molecule has 0 aliphatic rings. The van der Waals surface area contributed by atoms with Gasteiger partial charge in [-0.2, -0.15) is 0 Å².